The van der Waals surface area contributed by atoms with Crippen molar-refractivity contribution in [1.29, 1.82) is 0 Å². The lowest BCUT2D eigenvalue weighted by atomic mass is 9.65. The third-order valence-corrected chi connectivity index (χ3v) is 8.23. The number of hydrogen-bond donors (Lipinski definition) is 5. The van der Waals surface area contributed by atoms with Gasteiger partial charge in [-0.15, -0.1) is 0 Å². The molecule has 3 fully saturated rings. The van der Waals surface area contributed by atoms with E-state index < -0.39 is 48.8 Å². The van der Waals surface area contributed by atoms with Crippen molar-refractivity contribution in [3.05, 3.63) is 16.7 Å². The van der Waals surface area contributed by atoms with Crippen LogP contribution in [0, 0.1) is 10.8 Å². The molecule has 4 aliphatic rings. The van der Waals surface area contributed by atoms with Gasteiger partial charge >= 0.3 is 5.97 Å². The van der Waals surface area contributed by atoms with E-state index in [0.29, 0.717) is 0 Å². The molecular weight excluding hydrogens is 458 g/mol. The van der Waals surface area contributed by atoms with Gasteiger partial charge in [0.2, 0.25) is 5.75 Å². The maximum absolute atomic E-state index is 13.2. The summed E-state index contributed by atoms with van der Waals surface area (Å²) in [4.78, 5) is 15.5. The number of esters is 1. The highest BCUT2D eigenvalue weighted by molar-refractivity contribution is 5.97. The predicted octanol–water partition coefficient (Wildman–Crippen LogP) is 1.20. The highest BCUT2D eigenvalue weighted by Crippen LogP contribution is 2.55. The molecule has 0 aromatic heterocycles. The van der Waals surface area contributed by atoms with E-state index in [1.54, 1.807) is 0 Å². The molecule has 0 amide bonds. The van der Waals surface area contributed by atoms with Crippen LogP contribution in [0.1, 0.15) is 67.6 Å². The number of aliphatic hydroxyl groups excluding tert-OH is 3. The molecule has 5 N–H and O–H groups in total. The van der Waals surface area contributed by atoms with Gasteiger partial charge in [0.25, 0.3) is 0 Å². The smallest absolute Gasteiger partial charge is 0.339 e. The Balaban J connectivity index is 1.60. The summed E-state index contributed by atoms with van der Waals surface area (Å²) in [6.07, 6.45) is -3.55. The van der Waals surface area contributed by atoms with E-state index in [0.717, 1.165) is 25.8 Å². The van der Waals surface area contributed by atoms with E-state index in [2.05, 4.69) is 25.7 Å². The lowest BCUT2D eigenvalue weighted by molar-refractivity contribution is -0.235. The molecule has 194 valence electrons. The molecule has 0 radical (unpaired) electrons. The van der Waals surface area contributed by atoms with Crippen LogP contribution in [-0.4, -0.2) is 87.1 Å². The number of nitrogens with zero attached hydrogens (tertiary/aromatic N) is 1. The first-order chi connectivity index (χ1) is 16.4. The van der Waals surface area contributed by atoms with E-state index in [1.807, 2.05) is 0 Å². The summed E-state index contributed by atoms with van der Waals surface area (Å²) in [6, 6.07) is 0.271. The number of hydrogen-bond acceptors (Lipinski definition) is 10. The molecule has 10 nitrogen and oxygen atoms in total. The fourth-order valence-corrected chi connectivity index (χ4v) is 7.23. The molecule has 1 aliphatic carbocycles. The summed E-state index contributed by atoms with van der Waals surface area (Å²) in [7, 11) is 1.30. The molecule has 2 bridgehead atoms. The van der Waals surface area contributed by atoms with Crippen LogP contribution in [0.5, 0.6) is 17.2 Å². The number of phenols is 2. The fourth-order valence-electron chi connectivity index (χ4n) is 7.23. The lowest BCUT2D eigenvalue weighted by Gasteiger charge is -2.45. The van der Waals surface area contributed by atoms with Crippen LogP contribution in [0.25, 0.3) is 0 Å². The second-order valence-corrected chi connectivity index (χ2v) is 11.7. The number of carbonyl (C=O) groups is 1. The Morgan fingerprint density at radius 2 is 1.83 bits per heavy atom. The van der Waals surface area contributed by atoms with Gasteiger partial charge in [0.05, 0.1) is 19.3 Å². The number of benzene rings is 1. The second kappa shape index (κ2) is 8.21. The Hall–Kier alpha value is -2.11. The number of carbonyl (C=O) groups excluding carboxylic acids is 1. The average molecular weight is 494 g/mol. The molecule has 3 heterocycles. The summed E-state index contributed by atoms with van der Waals surface area (Å²) < 4.78 is 16.6. The molecule has 35 heavy (non-hydrogen) atoms. The summed E-state index contributed by atoms with van der Waals surface area (Å²) in [5.74, 6) is -1.88. The Morgan fingerprint density at radius 1 is 1.11 bits per heavy atom. The van der Waals surface area contributed by atoms with Crippen LogP contribution in [0.2, 0.25) is 0 Å². The van der Waals surface area contributed by atoms with Gasteiger partial charge in [-0.1, -0.05) is 20.8 Å². The molecule has 1 aromatic carbocycles. The van der Waals surface area contributed by atoms with E-state index >= 15 is 0 Å². The van der Waals surface area contributed by atoms with Crippen molar-refractivity contribution in [1.82, 2.24) is 4.90 Å². The van der Waals surface area contributed by atoms with Gasteiger partial charge in [-0.3, -0.25) is 4.90 Å². The molecule has 7 atom stereocenters. The van der Waals surface area contributed by atoms with E-state index in [9.17, 15) is 30.3 Å². The molecule has 5 rings (SSSR count). The summed E-state index contributed by atoms with van der Waals surface area (Å²) in [6.45, 7) is 7.25. The van der Waals surface area contributed by atoms with E-state index in [-0.39, 0.29) is 51.6 Å². The fraction of sp³-hybridized carbons (Fsp3) is 0.720. The standard InChI is InChI=1S/C25H35NO9/c1-24(2)5-11-6-25(3,9-24)10-26(11)7-12-14-15(18(30)21(33-4)16(12)28)20-22(35-23(14)32)19(31)17(29)13(8-27)34-20/h11,13,17,19-20,22,27-31H,5-10H2,1-4H3/t11-,13-,17-,19+,20-,22-,25+/m1/s1. The van der Waals surface area contributed by atoms with Gasteiger partial charge in [-0.2, -0.15) is 0 Å². The molecule has 2 saturated heterocycles. The topological polar surface area (TPSA) is 149 Å². The molecule has 0 spiro atoms. The largest absolute Gasteiger partial charge is 0.504 e. The lowest BCUT2D eigenvalue weighted by Crippen LogP contribution is -2.58. The first-order valence-corrected chi connectivity index (χ1v) is 12.1. The average Bonchev–Trinajstić information content (AvgIpc) is 3.01. The quantitative estimate of drug-likeness (QED) is 0.387. The number of phenolic OH excluding ortho intramolecular Hbond substituents is 2. The predicted molar refractivity (Wildman–Crippen MR) is 122 cm³/mol. The number of fused-ring (bicyclic) bond motifs is 5. The minimum Gasteiger partial charge on any atom is -0.504 e. The highest BCUT2D eigenvalue weighted by atomic mass is 16.6. The third kappa shape index (κ3) is 3.77. The Bertz CT molecular complexity index is 1040. The number of ether oxygens (including phenoxy) is 3. The van der Waals surface area contributed by atoms with E-state index in [4.69, 9.17) is 14.2 Å². The highest BCUT2D eigenvalue weighted by Gasteiger charge is 2.54. The van der Waals surface area contributed by atoms with Crippen LogP contribution < -0.4 is 4.74 Å². The molecule has 0 unspecified atom stereocenters. The van der Waals surface area contributed by atoms with Crippen LogP contribution in [0.4, 0.5) is 0 Å². The minimum absolute atomic E-state index is 0.0222. The zero-order valence-electron chi connectivity index (χ0n) is 20.5. The van der Waals surface area contributed by atoms with E-state index in [1.165, 1.54) is 7.11 Å². The van der Waals surface area contributed by atoms with Gasteiger partial charge in [0.1, 0.15) is 24.4 Å². The Morgan fingerprint density at radius 3 is 2.49 bits per heavy atom. The van der Waals surface area contributed by atoms with Crippen LogP contribution in [-0.2, 0) is 16.0 Å². The van der Waals surface area contributed by atoms with Crippen LogP contribution in [0.15, 0.2) is 0 Å². The van der Waals surface area contributed by atoms with Gasteiger partial charge in [-0.05, 0) is 30.1 Å². The SMILES string of the molecule is COc1c(O)c(CN2C[C@@]3(C)C[C@H]2CC(C)(C)C3)c2c(c1O)[C@H]1O[C@H](CO)[C@@H](O)[C@H](O)[C@H]1OC2=O. The van der Waals surface area contributed by atoms with Crippen LogP contribution >= 0.6 is 0 Å². The van der Waals surface area contributed by atoms with Crippen molar-refractivity contribution in [3.63, 3.8) is 0 Å². The zero-order valence-corrected chi connectivity index (χ0v) is 20.5. The zero-order chi connectivity index (χ0) is 25.4. The van der Waals surface area contributed by atoms with Crippen molar-refractivity contribution in [2.75, 3.05) is 20.3 Å². The number of methoxy groups -OCH3 is 1. The van der Waals surface area contributed by atoms with Crippen molar-refractivity contribution in [2.45, 2.75) is 83.1 Å². The molecule has 3 aliphatic heterocycles. The number of aromatic hydroxyl groups is 2. The number of rotatable bonds is 4. The summed E-state index contributed by atoms with van der Waals surface area (Å²) >= 11 is 0. The van der Waals surface area contributed by atoms with Crippen molar-refractivity contribution in [2.24, 2.45) is 10.8 Å². The first kappa shape index (κ1) is 24.6. The maximum atomic E-state index is 13.2. The van der Waals surface area contributed by atoms with Crippen molar-refractivity contribution < 1.29 is 44.5 Å². The van der Waals surface area contributed by atoms with Gasteiger partial charge in [0, 0.05) is 30.3 Å². The second-order valence-electron chi connectivity index (χ2n) is 11.7. The molecular formula is C25H35NO9. The van der Waals surface area contributed by atoms with Crippen molar-refractivity contribution >= 4 is 5.97 Å². The third-order valence-electron chi connectivity index (χ3n) is 8.23. The number of aliphatic hydroxyl groups is 3. The Labute approximate surface area is 204 Å². The normalized spacial score (nSPS) is 38.0. The molecule has 10 heteroatoms. The first-order valence-electron chi connectivity index (χ1n) is 12.1. The maximum Gasteiger partial charge on any atom is 0.339 e. The Kier molecular flexibility index (Phi) is 5.76. The monoisotopic (exact) mass is 493 g/mol. The van der Waals surface area contributed by atoms with Crippen molar-refractivity contribution in [3.8, 4) is 17.2 Å². The molecule has 1 saturated carbocycles. The van der Waals surface area contributed by atoms with Gasteiger partial charge < -0.3 is 39.7 Å². The minimum atomic E-state index is -1.54. The number of likely N-dealkylation sites (tertiary alicyclic amines) is 1. The van der Waals surface area contributed by atoms with Gasteiger partial charge in [-0.25, -0.2) is 4.79 Å². The van der Waals surface area contributed by atoms with Crippen LogP contribution in [0.3, 0.4) is 0 Å². The van der Waals surface area contributed by atoms with Gasteiger partial charge in [0.15, 0.2) is 17.6 Å². The summed E-state index contributed by atoms with van der Waals surface area (Å²) in [5.41, 5.74) is 0.549. The summed E-state index contributed by atoms with van der Waals surface area (Å²) in [5, 5.41) is 52.6. The molecule has 1 aromatic rings.